The van der Waals surface area contributed by atoms with Crippen LogP contribution in [0.15, 0.2) is 18.2 Å². The number of methoxy groups -OCH3 is 1. The van der Waals surface area contributed by atoms with E-state index in [2.05, 4.69) is 29.4 Å². The summed E-state index contributed by atoms with van der Waals surface area (Å²) >= 11 is 0. The Kier molecular flexibility index (Phi) is 9.63. The van der Waals surface area contributed by atoms with Gasteiger partial charge < -0.3 is 20.1 Å². The zero-order valence-electron chi connectivity index (χ0n) is 15.3. The smallest absolute Gasteiger partial charge is 0.251 e. The van der Waals surface area contributed by atoms with Gasteiger partial charge in [0.25, 0.3) is 5.91 Å². The Hall–Kier alpha value is -1.50. The van der Waals surface area contributed by atoms with Gasteiger partial charge in [-0.15, -0.1) is 12.4 Å². The third-order valence-corrected chi connectivity index (χ3v) is 3.92. The lowest BCUT2D eigenvalue weighted by Gasteiger charge is -2.27. The standard InChI is InChI=1S/C18H29N3O3.ClH/c1-14(2)13-24-16-5-4-15(12-17(16)23-3)18(22)20-8-11-21-9-6-19-7-10-21;/h4-5,12,14,19H,6-11,13H2,1-3H3,(H,20,22);1H. The summed E-state index contributed by atoms with van der Waals surface area (Å²) in [6, 6.07) is 5.31. The fourth-order valence-electron chi connectivity index (χ4n) is 2.55. The zero-order valence-corrected chi connectivity index (χ0v) is 16.2. The Morgan fingerprint density at radius 3 is 2.64 bits per heavy atom. The van der Waals surface area contributed by atoms with Gasteiger partial charge in [0.05, 0.1) is 13.7 Å². The molecule has 2 N–H and O–H groups in total. The Balaban J connectivity index is 0.00000312. The van der Waals surface area contributed by atoms with Crippen LogP contribution in [0.2, 0.25) is 0 Å². The van der Waals surface area contributed by atoms with Crippen LogP contribution in [0.5, 0.6) is 11.5 Å². The summed E-state index contributed by atoms with van der Waals surface area (Å²) in [6.45, 7) is 10.4. The monoisotopic (exact) mass is 371 g/mol. The topological polar surface area (TPSA) is 62.8 Å². The van der Waals surface area contributed by atoms with E-state index >= 15 is 0 Å². The van der Waals surface area contributed by atoms with Crippen molar-refractivity contribution in [2.24, 2.45) is 5.92 Å². The van der Waals surface area contributed by atoms with Crippen molar-refractivity contribution in [3.63, 3.8) is 0 Å². The summed E-state index contributed by atoms with van der Waals surface area (Å²) in [5, 5.41) is 6.29. The third-order valence-electron chi connectivity index (χ3n) is 3.92. The average Bonchev–Trinajstić information content (AvgIpc) is 2.60. The van der Waals surface area contributed by atoms with E-state index in [0.29, 0.717) is 36.1 Å². The molecule has 6 nitrogen and oxygen atoms in total. The molecule has 1 amide bonds. The van der Waals surface area contributed by atoms with Gasteiger partial charge in [0.1, 0.15) is 0 Å². The largest absolute Gasteiger partial charge is 0.493 e. The fraction of sp³-hybridized carbons (Fsp3) is 0.611. The molecule has 1 saturated heterocycles. The Bertz CT molecular complexity index is 534. The fourth-order valence-corrected chi connectivity index (χ4v) is 2.55. The van der Waals surface area contributed by atoms with E-state index in [1.807, 2.05) is 0 Å². The number of ether oxygens (including phenoxy) is 2. The molecule has 0 atom stereocenters. The second-order valence-electron chi connectivity index (χ2n) is 6.42. The molecular weight excluding hydrogens is 342 g/mol. The molecule has 0 unspecified atom stereocenters. The zero-order chi connectivity index (χ0) is 17.4. The molecule has 0 aromatic heterocycles. The molecule has 0 saturated carbocycles. The van der Waals surface area contributed by atoms with E-state index in [4.69, 9.17) is 9.47 Å². The molecule has 1 aliphatic rings. The van der Waals surface area contributed by atoms with Gasteiger partial charge in [-0.1, -0.05) is 13.8 Å². The molecule has 1 aliphatic heterocycles. The summed E-state index contributed by atoms with van der Waals surface area (Å²) in [6.07, 6.45) is 0. The Morgan fingerprint density at radius 2 is 2.00 bits per heavy atom. The summed E-state index contributed by atoms with van der Waals surface area (Å²) in [5.74, 6) is 1.61. The number of hydrogen-bond acceptors (Lipinski definition) is 5. The van der Waals surface area contributed by atoms with Gasteiger partial charge in [-0.05, 0) is 24.1 Å². The van der Waals surface area contributed by atoms with Crippen LogP contribution < -0.4 is 20.1 Å². The Morgan fingerprint density at radius 1 is 1.28 bits per heavy atom. The van der Waals surface area contributed by atoms with E-state index in [-0.39, 0.29) is 18.3 Å². The minimum absolute atomic E-state index is 0. The van der Waals surface area contributed by atoms with Gasteiger partial charge in [0.15, 0.2) is 11.5 Å². The SMILES string of the molecule is COc1cc(C(=O)NCCN2CCNCC2)ccc1OCC(C)C.Cl. The Labute approximate surface area is 156 Å². The lowest BCUT2D eigenvalue weighted by atomic mass is 10.2. The molecule has 1 fully saturated rings. The van der Waals surface area contributed by atoms with Crippen LogP contribution in [0.4, 0.5) is 0 Å². The van der Waals surface area contributed by atoms with E-state index < -0.39 is 0 Å². The van der Waals surface area contributed by atoms with Crippen LogP contribution in [-0.2, 0) is 0 Å². The number of piperazine rings is 1. The predicted molar refractivity (Wildman–Crippen MR) is 102 cm³/mol. The van der Waals surface area contributed by atoms with E-state index in [9.17, 15) is 4.79 Å². The van der Waals surface area contributed by atoms with Crippen molar-refractivity contribution in [2.45, 2.75) is 13.8 Å². The molecule has 0 aliphatic carbocycles. The van der Waals surface area contributed by atoms with E-state index in [1.54, 1.807) is 25.3 Å². The molecule has 1 heterocycles. The van der Waals surface area contributed by atoms with Crippen molar-refractivity contribution in [2.75, 3.05) is 53.0 Å². The van der Waals surface area contributed by atoms with E-state index in [0.717, 1.165) is 32.7 Å². The number of carbonyl (C=O) groups excluding carboxylic acids is 1. The molecule has 1 aromatic carbocycles. The molecule has 25 heavy (non-hydrogen) atoms. The lowest BCUT2D eigenvalue weighted by Crippen LogP contribution is -2.46. The maximum Gasteiger partial charge on any atom is 0.251 e. The highest BCUT2D eigenvalue weighted by atomic mass is 35.5. The number of hydrogen-bond donors (Lipinski definition) is 2. The molecule has 0 spiro atoms. The lowest BCUT2D eigenvalue weighted by molar-refractivity contribution is 0.0947. The first kappa shape index (κ1) is 21.5. The first-order valence-corrected chi connectivity index (χ1v) is 8.62. The molecule has 2 rings (SSSR count). The van der Waals surface area contributed by atoms with Crippen LogP contribution in [-0.4, -0.2) is 63.8 Å². The minimum atomic E-state index is -0.0844. The minimum Gasteiger partial charge on any atom is -0.493 e. The van der Waals surface area contributed by atoms with Crippen molar-refractivity contribution in [1.82, 2.24) is 15.5 Å². The van der Waals surface area contributed by atoms with Gasteiger partial charge in [0, 0.05) is 44.8 Å². The first-order chi connectivity index (χ1) is 11.6. The van der Waals surface area contributed by atoms with Crippen molar-refractivity contribution in [1.29, 1.82) is 0 Å². The first-order valence-electron chi connectivity index (χ1n) is 8.62. The highest BCUT2D eigenvalue weighted by molar-refractivity contribution is 5.94. The highest BCUT2D eigenvalue weighted by Crippen LogP contribution is 2.28. The van der Waals surface area contributed by atoms with Gasteiger partial charge >= 0.3 is 0 Å². The summed E-state index contributed by atoms with van der Waals surface area (Å²) in [5.41, 5.74) is 0.587. The highest BCUT2D eigenvalue weighted by Gasteiger charge is 2.13. The van der Waals surface area contributed by atoms with Crippen LogP contribution in [0.3, 0.4) is 0 Å². The average molecular weight is 372 g/mol. The number of nitrogens with zero attached hydrogens (tertiary/aromatic N) is 1. The quantitative estimate of drug-likeness (QED) is 0.729. The second kappa shape index (κ2) is 11.2. The van der Waals surface area contributed by atoms with E-state index in [1.165, 1.54) is 0 Å². The molecule has 0 radical (unpaired) electrons. The molecule has 7 heteroatoms. The third kappa shape index (κ3) is 7.10. The maximum absolute atomic E-state index is 12.3. The normalized spacial score (nSPS) is 14.7. The molecular formula is C18H30ClN3O3. The second-order valence-corrected chi connectivity index (χ2v) is 6.42. The predicted octanol–water partition coefficient (Wildman–Crippen LogP) is 1.79. The number of benzene rings is 1. The van der Waals surface area contributed by atoms with Gasteiger partial charge in [0.2, 0.25) is 0 Å². The molecule has 1 aromatic rings. The van der Waals surface area contributed by atoms with Crippen LogP contribution in [0.25, 0.3) is 0 Å². The maximum atomic E-state index is 12.3. The van der Waals surface area contributed by atoms with Crippen molar-refractivity contribution >= 4 is 18.3 Å². The number of rotatable bonds is 8. The summed E-state index contributed by atoms with van der Waals surface area (Å²) in [4.78, 5) is 14.6. The van der Waals surface area contributed by atoms with Crippen LogP contribution >= 0.6 is 12.4 Å². The van der Waals surface area contributed by atoms with Crippen molar-refractivity contribution in [3.8, 4) is 11.5 Å². The molecule has 0 bridgehead atoms. The van der Waals surface area contributed by atoms with Crippen LogP contribution in [0, 0.1) is 5.92 Å². The van der Waals surface area contributed by atoms with Crippen LogP contribution in [0.1, 0.15) is 24.2 Å². The summed E-state index contributed by atoms with van der Waals surface area (Å²) in [7, 11) is 1.59. The summed E-state index contributed by atoms with van der Waals surface area (Å²) < 4.78 is 11.1. The number of amides is 1. The number of nitrogens with one attached hydrogen (secondary N) is 2. The van der Waals surface area contributed by atoms with Crippen molar-refractivity contribution < 1.29 is 14.3 Å². The number of halogens is 1. The van der Waals surface area contributed by atoms with Gasteiger partial charge in [-0.3, -0.25) is 9.69 Å². The van der Waals surface area contributed by atoms with Crippen molar-refractivity contribution in [3.05, 3.63) is 23.8 Å². The van der Waals surface area contributed by atoms with Gasteiger partial charge in [-0.2, -0.15) is 0 Å². The molecule has 142 valence electrons. The van der Waals surface area contributed by atoms with Gasteiger partial charge in [-0.25, -0.2) is 0 Å². The number of carbonyl (C=O) groups is 1.